The second-order valence-electron chi connectivity index (χ2n) is 6.05. The van der Waals surface area contributed by atoms with E-state index in [4.69, 9.17) is 0 Å². The maximum absolute atomic E-state index is 2.50. The number of allylic oxidation sites excluding steroid dienone is 4. The fraction of sp³-hybridized carbons (Fsp3) is 0.368. The summed E-state index contributed by atoms with van der Waals surface area (Å²) in [5.41, 5.74) is 5.52. The first-order valence-electron chi connectivity index (χ1n) is 7.85. The van der Waals surface area contributed by atoms with Crippen LogP contribution in [0.4, 0.5) is 5.69 Å². The summed E-state index contributed by atoms with van der Waals surface area (Å²) >= 11 is 0. The zero-order chi connectivity index (χ0) is 14.7. The summed E-state index contributed by atoms with van der Waals surface area (Å²) in [6, 6.07) is 8.73. The van der Waals surface area contributed by atoms with Crippen molar-refractivity contribution in [2.45, 2.75) is 19.3 Å². The van der Waals surface area contributed by atoms with Crippen molar-refractivity contribution in [3.8, 4) is 0 Å². The van der Waals surface area contributed by atoms with Crippen molar-refractivity contribution in [2.24, 2.45) is 0 Å². The molecular formula is C19H24N2. The van der Waals surface area contributed by atoms with Gasteiger partial charge in [-0.2, -0.15) is 0 Å². The van der Waals surface area contributed by atoms with Gasteiger partial charge in [0.1, 0.15) is 0 Å². The van der Waals surface area contributed by atoms with Crippen LogP contribution < -0.4 is 4.90 Å². The molecule has 0 aromatic heterocycles. The SMILES string of the molecule is CN(C)CCCN1C2=C(C=Cc3ccccc31)CCC=C2. The largest absolute Gasteiger partial charge is 0.341 e. The summed E-state index contributed by atoms with van der Waals surface area (Å²) in [6.45, 7) is 2.19. The Hall–Kier alpha value is -1.80. The minimum Gasteiger partial charge on any atom is -0.341 e. The molecule has 2 aliphatic rings. The van der Waals surface area contributed by atoms with Crippen LogP contribution in [0, 0.1) is 0 Å². The van der Waals surface area contributed by atoms with Gasteiger partial charge >= 0.3 is 0 Å². The Morgan fingerprint density at radius 1 is 1.10 bits per heavy atom. The van der Waals surface area contributed by atoms with Crippen molar-refractivity contribution in [3.63, 3.8) is 0 Å². The highest BCUT2D eigenvalue weighted by Gasteiger charge is 2.19. The lowest BCUT2D eigenvalue weighted by atomic mass is 10.0. The second kappa shape index (κ2) is 6.31. The van der Waals surface area contributed by atoms with E-state index in [0.717, 1.165) is 25.9 Å². The minimum absolute atomic E-state index is 1.07. The molecule has 1 aliphatic carbocycles. The van der Waals surface area contributed by atoms with Crippen molar-refractivity contribution in [1.82, 2.24) is 4.90 Å². The van der Waals surface area contributed by atoms with Gasteiger partial charge in [-0.15, -0.1) is 0 Å². The van der Waals surface area contributed by atoms with Gasteiger partial charge in [-0.05, 0) is 63.2 Å². The Labute approximate surface area is 128 Å². The van der Waals surface area contributed by atoms with E-state index >= 15 is 0 Å². The van der Waals surface area contributed by atoms with Crippen molar-refractivity contribution in [1.29, 1.82) is 0 Å². The molecule has 2 heteroatoms. The standard InChI is InChI=1S/C19H24N2/c1-20(2)14-7-15-21-18-10-5-3-8-16(18)12-13-17-9-4-6-11-19(17)21/h3,5-6,8,10-13H,4,7,9,14-15H2,1-2H3. The molecule has 21 heavy (non-hydrogen) atoms. The molecule has 0 radical (unpaired) electrons. The third-order valence-electron chi connectivity index (χ3n) is 4.15. The average molecular weight is 280 g/mol. The Bertz CT molecular complexity index is 593. The van der Waals surface area contributed by atoms with E-state index in [9.17, 15) is 0 Å². The number of para-hydroxylation sites is 1. The van der Waals surface area contributed by atoms with Gasteiger partial charge in [0.25, 0.3) is 0 Å². The molecule has 1 aromatic rings. The van der Waals surface area contributed by atoms with E-state index in [-0.39, 0.29) is 0 Å². The topological polar surface area (TPSA) is 6.48 Å². The van der Waals surface area contributed by atoms with Crippen LogP contribution in [0.3, 0.4) is 0 Å². The maximum atomic E-state index is 2.50. The van der Waals surface area contributed by atoms with Crippen molar-refractivity contribution in [2.75, 3.05) is 32.1 Å². The zero-order valence-corrected chi connectivity index (χ0v) is 13.0. The molecule has 0 N–H and O–H groups in total. The maximum Gasteiger partial charge on any atom is 0.0484 e. The van der Waals surface area contributed by atoms with Crippen LogP contribution in [-0.4, -0.2) is 32.1 Å². The molecule has 0 spiro atoms. The molecule has 0 saturated carbocycles. The smallest absolute Gasteiger partial charge is 0.0484 e. The van der Waals surface area contributed by atoms with Crippen LogP contribution in [0.1, 0.15) is 24.8 Å². The number of anilines is 1. The summed E-state index contributed by atoms with van der Waals surface area (Å²) in [5.74, 6) is 0. The normalized spacial score (nSPS) is 17.0. The van der Waals surface area contributed by atoms with Crippen LogP contribution in [0.25, 0.3) is 6.08 Å². The number of hydrogen-bond acceptors (Lipinski definition) is 2. The molecule has 1 heterocycles. The summed E-state index contributed by atoms with van der Waals surface area (Å²) < 4.78 is 0. The van der Waals surface area contributed by atoms with Crippen LogP contribution in [0.5, 0.6) is 0 Å². The van der Waals surface area contributed by atoms with E-state index in [1.54, 1.807) is 0 Å². The first-order chi connectivity index (χ1) is 10.3. The molecule has 110 valence electrons. The Morgan fingerprint density at radius 2 is 1.95 bits per heavy atom. The molecule has 0 amide bonds. The fourth-order valence-electron chi connectivity index (χ4n) is 3.08. The van der Waals surface area contributed by atoms with Gasteiger partial charge in [0.05, 0.1) is 0 Å². The summed E-state index contributed by atoms with van der Waals surface area (Å²) in [6.07, 6.45) is 12.7. The van der Waals surface area contributed by atoms with Gasteiger partial charge in [0, 0.05) is 17.9 Å². The van der Waals surface area contributed by atoms with E-state index in [1.165, 1.54) is 28.9 Å². The molecule has 0 saturated heterocycles. The first-order valence-corrected chi connectivity index (χ1v) is 7.85. The molecule has 0 fully saturated rings. The van der Waals surface area contributed by atoms with Gasteiger partial charge < -0.3 is 9.80 Å². The number of hydrogen-bond donors (Lipinski definition) is 0. The van der Waals surface area contributed by atoms with E-state index in [0.29, 0.717) is 0 Å². The number of fused-ring (bicyclic) bond motifs is 1. The monoisotopic (exact) mass is 280 g/mol. The predicted octanol–water partition coefficient (Wildman–Crippen LogP) is 4.08. The Kier molecular flexibility index (Phi) is 4.26. The summed E-state index contributed by atoms with van der Waals surface area (Å²) in [7, 11) is 4.28. The molecule has 2 nitrogen and oxygen atoms in total. The Morgan fingerprint density at radius 3 is 2.81 bits per heavy atom. The van der Waals surface area contributed by atoms with Gasteiger partial charge in [-0.3, -0.25) is 0 Å². The minimum atomic E-state index is 1.07. The molecule has 0 atom stereocenters. The lowest BCUT2D eigenvalue weighted by Gasteiger charge is -2.29. The number of benzene rings is 1. The summed E-state index contributed by atoms with van der Waals surface area (Å²) in [5, 5.41) is 0. The van der Waals surface area contributed by atoms with Crippen molar-refractivity contribution < 1.29 is 0 Å². The van der Waals surface area contributed by atoms with Gasteiger partial charge in [-0.25, -0.2) is 0 Å². The highest BCUT2D eigenvalue weighted by Crippen LogP contribution is 2.34. The highest BCUT2D eigenvalue weighted by atomic mass is 15.2. The molecule has 0 unspecified atom stereocenters. The van der Waals surface area contributed by atoms with Crippen LogP contribution >= 0.6 is 0 Å². The third kappa shape index (κ3) is 3.11. The first kappa shape index (κ1) is 14.2. The van der Waals surface area contributed by atoms with Crippen molar-refractivity contribution >= 4 is 11.8 Å². The third-order valence-corrected chi connectivity index (χ3v) is 4.15. The number of rotatable bonds is 4. The lowest BCUT2D eigenvalue weighted by Crippen LogP contribution is -2.27. The number of nitrogens with zero attached hydrogens (tertiary/aromatic N) is 2. The fourth-order valence-corrected chi connectivity index (χ4v) is 3.08. The van der Waals surface area contributed by atoms with E-state index < -0.39 is 0 Å². The van der Waals surface area contributed by atoms with Gasteiger partial charge in [0.2, 0.25) is 0 Å². The molecule has 3 rings (SSSR count). The molecular weight excluding hydrogens is 256 g/mol. The summed E-state index contributed by atoms with van der Waals surface area (Å²) in [4.78, 5) is 4.76. The van der Waals surface area contributed by atoms with E-state index in [1.807, 2.05) is 0 Å². The Balaban J connectivity index is 1.93. The lowest BCUT2D eigenvalue weighted by molar-refractivity contribution is 0.402. The van der Waals surface area contributed by atoms with Crippen LogP contribution in [-0.2, 0) is 0 Å². The van der Waals surface area contributed by atoms with E-state index in [2.05, 4.69) is 72.5 Å². The quantitative estimate of drug-likeness (QED) is 0.820. The second-order valence-corrected chi connectivity index (χ2v) is 6.05. The van der Waals surface area contributed by atoms with Gasteiger partial charge in [0.15, 0.2) is 0 Å². The molecule has 1 aromatic carbocycles. The molecule has 0 bridgehead atoms. The highest BCUT2D eigenvalue weighted by molar-refractivity contribution is 5.75. The molecule has 1 aliphatic heterocycles. The van der Waals surface area contributed by atoms with Crippen LogP contribution in [0.2, 0.25) is 0 Å². The average Bonchev–Trinajstić information content (AvgIpc) is 2.65. The predicted molar refractivity (Wildman–Crippen MR) is 91.4 cm³/mol. The van der Waals surface area contributed by atoms with Crippen LogP contribution in [0.15, 0.2) is 53.8 Å². The van der Waals surface area contributed by atoms with Crippen molar-refractivity contribution in [3.05, 3.63) is 59.3 Å². The zero-order valence-electron chi connectivity index (χ0n) is 13.0. The van der Waals surface area contributed by atoms with Gasteiger partial charge in [-0.1, -0.05) is 36.4 Å².